The molecule has 0 aromatic heterocycles. The summed E-state index contributed by atoms with van der Waals surface area (Å²) in [6.45, 7) is 1.36. The lowest BCUT2D eigenvalue weighted by Crippen LogP contribution is -2.35. The van der Waals surface area contributed by atoms with Crippen LogP contribution in [0.25, 0.3) is 0 Å². The summed E-state index contributed by atoms with van der Waals surface area (Å²) in [4.78, 5) is 21.6. The Hall–Kier alpha value is -2.24. The van der Waals surface area contributed by atoms with Gasteiger partial charge in [-0.3, -0.25) is 9.59 Å². The number of aromatic hydroxyl groups is 2. The topological polar surface area (TPSA) is 107 Å². The molecule has 1 atom stereocenters. The summed E-state index contributed by atoms with van der Waals surface area (Å²) in [6.07, 6.45) is 0.645. The minimum absolute atomic E-state index is 0.0466. The lowest BCUT2D eigenvalue weighted by molar-refractivity contribution is -0.137. The van der Waals surface area contributed by atoms with Crippen molar-refractivity contribution in [2.75, 3.05) is 0 Å². The van der Waals surface area contributed by atoms with Gasteiger partial charge in [0.05, 0.1) is 0 Å². The molecule has 1 amide bonds. The highest BCUT2D eigenvalue weighted by atomic mass is 16.4. The second kappa shape index (κ2) is 6.63. The smallest absolute Gasteiger partial charge is 0.303 e. The first-order valence-corrected chi connectivity index (χ1v) is 5.88. The molecule has 0 fully saturated rings. The quantitative estimate of drug-likeness (QED) is 0.575. The van der Waals surface area contributed by atoms with Crippen LogP contribution in [0.15, 0.2) is 18.2 Å². The predicted molar refractivity (Wildman–Crippen MR) is 68.0 cm³/mol. The highest BCUT2D eigenvalue weighted by Crippen LogP contribution is 2.25. The van der Waals surface area contributed by atoms with Gasteiger partial charge < -0.3 is 20.6 Å². The molecule has 19 heavy (non-hydrogen) atoms. The van der Waals surface area contributed by atoms with Gasteiger partial charge >= 0.3 is 5.97 Å². The normalized spacial score (nSPS) is 11.8. The lowest BCUT2D eigenvalue weighted by Gasteiger charge is -2.17. The van der Waals surface area contributed by atoms with E-state index in [2.05, 4.69) is 5.32 Å². The van der Waals surface area contributed by atoms with Crippen molar-refractivity contribution in [3.8, 4) is 11.5 Å². The van der Waals surface area contributed by atoms with Crippen LogP contribution in [0, 0.1) is 0 Å². The summed E-state index contributed by atoms with van der Waals surface area (Å²) in [5.74, 6) is -1.62. The van der Waals surface area contributed by atoms with Crippen molar-refractivity contribution in [3.05, 3.63) is 23.8 Å². The Balaban J connectivity index is 2.71. The van der Waals surface area contributed by atoms with Gasteiger partial charge in [0.1, 0.15) is 0 Å². The third-order valence-electron chi connectivity index (χ3n) is 2.64. The van der Waals surface area contributed by atoms with Crippen molar-refractivity contribution in [3.63, 3.8) is 0 Å². The van der Waals surface area contributed by atoms with Crippen LogP contribution >= 0.6 is 0 Å². The highest BCUT2D eigenvalue weighted by molar-refractivity contribution is 5.73. The summed E-state index contributed by atoms with van der Waals surface area (Å²) in [7, 11) is 0. The molecule has 104 valence electrons. The first-order valence-electron chi connectivity index (χ1n) is 5.88. The summed E-state index contributed by atoms with van der Waals surface area (Å²) in [5, 5.41) is 29.9. The molecule has 6 nitrogen and oxygen atoms in total. The molecular weight excluding hydrogens is 250 g/mol. The minimum Gasteiger partial charge on any atom is -0.504 e. The first kappa shape index (κ1) is 14.8. The van der Waals surface area contributed by atoms with Gasteiger partial charge in [0.15, 0.2) is 11.5 Å². The number of carboxylic acids is 1. The minimum atomic E-state index is -0.927. The van der Waals surface area contributed by atoms with Gasteiger partial charge in [0.2, 0.25) is 5.91 Å². The molecule has 4 N–H and O–H groups in total. The van der Waals surface area contributed by atoms with Gasteiger partial charge in [-0.05, 0) is 30.5 Å². The summed E-state index contributed by atoms with van der Waals surface area (Å²) < 4.78 is 0. The molecule has 6 heteroatoms. The van der Waals surface area contributed by atoms with Gasteiger partial charge in [-0.25, -0.2) is 0 Å². The van der Waals surface area contributed by atoms with E-state index in [0.717, 1.165) is 0 Å². The number of phenols is 2. The van der Waals surface area contributed by atoms with Crippen LogP contribution in [-0.2, 0) is 16.0 Å². The van der Waals surface area contributed by atoms with Crippen molar-refractivity contribution >= 4 is 11.9 Å². The van der Waals surface area contributed by atoms with Crippen LogP contribution in [0.1, 0.15) is 25.3 Å². The lowest BCUT2D eigenvalue weighted by atomic mass is 10.0. The van der Waals surface area contributed by atoms with Crippen LogP contribution < -0.4 is 5.32 Å². The molecule has 1 rings (SSSR count). The molecule has 0 bridgehead atoms. The van der Waals surface area contributed by atoms with Gasteiger partial charge in [0.25, 0.3) is 0 Å². The van der Waals surface area contributed by atoms with E-state index in [1.807, 2.05) is 0 Å². The van der Waals surface area contributed by atoms with Crippen molar-refractivity contribution in [2.45, 2.75) is 32.2 Å². The van der Waals surface area contributed by atoms with Crippen LogP contribution in [0.4, 0.5) is 0 Å². The molecule has 1 aromatic rings. The Morgan fingerprint density at radius 3 is 2.47 bits per heavy atom. The van der Waals surface area contributed by atoms with E-state index >= 15 is 0 Å². The Bertz CT molecular complexity index is 472. The fraction of sp³-hybridized carbons (Fsp3) is 0.385. The molecule has 0 aliphatic heterocycles. The number of amides is 1. The molecule has 1 unspecified atom stereocenters. The zero-order valence-corrected chi connectivity index (χ0v) is 10.6. The Morgan fingerprint density at radius 1 is 1.26 bits per heavy atom. The van der Waals surface area contributed by atoms with Crippen LogP contribution in [0.3, 0.4) is 0 Å². The number of benzene rings is 1. The van der Waals surface area contributed by atoms with E-state index in [9.17, 15) is 19.8 Å². The molecule has 0 aliphatic rings. The molecule has 0 spiro atoms. The van der Waals surface area contributed by atoms with E-state index < -0.39 is 5.97 Å². The number of rotatable bonds is 6. The number of carboxylic acid groups (broad SMARTS) is 1. The maximum absolute atomic E-state index is 11.1. The van der Waals surface area contributed by atoms with Crippen molar-refractivity contribution < 1.29 is 24.9 Å². The number of hydrogen-bond donors (Lipinski definition) is 4. The Labute approximate surface area is 110 Å². The molecule has 0 radical (unpaired) electrons. The fourth-order valence-electron chi connectivity index (χ4n) is 1.79. The molecule has 1 aromatic carbocycles. The van der Waals surface area contributed by atoms with E-state index in [4.69, 9.17) is 5.11 Å². The molecule has 0 aliphatic carbocycles. The zero-order chi connectivity index (χ0) is 14.4. The summed E-state index contributed by atoms with van der Waals surface area (Å²) in [6, 6.07) is 4.04. The SMILES string of the molecule is CC(=O)NC(CCC(=O)O)Cc1ccc(O)c(O)c1. The highest BCUT2D eigenvalue weighted by Gasteiger charge is 2.13. The predicted octanol–water partition coefficient (Wildman–Crippen LogP) is 1.01. The fourth-order valence-corrected chi connectivity index (χ4v) is 1.79. The first-order chi connectivity index (χ1) is 8.88. The third-order valence-corrected chi connectivity index (χ3v) is 2.64. The van der Waals surface area contributed by atoms with Crippen LogP contribution in [0.2, 0.25) is 0 Å². The summed E-state index contributed by atoms with van der Waals surface area (Å²) >= 11 is 0. The number of hydrogen-bond acceptors (Lipinski definition) is 4. The number of phenolic OH excluding ortho intramolecular Hbond substituents is 2. The van der Waals surface area contributed by atoms with E-state index in [0.29, 0.717) is 18.4 Å². The van der Waals surface area contributed by atoms with Crippen molar-refractivity contribution in [2.24, 2.45) is 0 Å². The van der Waals surface area contributed by atoms with E-state index in [-0.39, 0.29) is 29.9 Å². The van der Waals surface area contributed by atoms with Crippen LogP contribution in [0.5, 0.6) is 11.5 Å². The van der Waals surface area contributed by atoms with Gasteiger partial charge in [-0.2, -0.15) is 0 Å². The molecule has 0 heterocycles. The second-order valence-electron chi connectivity index (χ2n) is 4.36. The van der Waals surface area contributed by atoms with Gasteiger partial charge in [0, 0.05) is 19.4 Å². The Morgan fingerprint density at radius 2 is 1.95 bits per heavy atom. The second-order valence-corrected chi connectivity index (χ2v) is 4.36. The van der Waals surface area contributed by atoms with Gasteiger partial charge in [-0.1, -0.05) is 6.07 Å². The number of carbonyl (C=O) groups is 2. The van der Waals surface area contributed by atoms with E-state index in [1.165, 1.54) is 19.1 Å². The third kappa shape index (κ3) is 5.29. The van der Waals surface area contributed by atoms with Crippen molar-refractivity contribution in [1.29, 1.82) is 0 Å². The number of carbonyl (C=O) groups excluding carboxylic acids is 1. The standard InChI is InChI=1S/C13H17NO5/c1-8(15)14-10(3-5-13(18)19)6-9-2-4-11(16)12(17)7-9/h2,4,7,10,16-17H,3,5-6H2,1H3,(H,14,15)(H,18,19). The maximum Gasteiger partial charge on any atom is 0.303 e. The van der Waals surface area contributed by atoms with Crippen molar-refractivity contribution in [1.82, 2.24) is 5.32 Å². The molecule has 0 saturated heterocycles. The average molecular weight is 267 g/mol. The largest absolute Gasteiger partial charge is 0.504 e. The molecule has 0 saturated carbocycles. The zero-order valence-electron chi connectivity index (χ0n) is 10.6. The van der Waals surface area contributed by atoms with Gasteiger partial charge in [-0.15, -0.1) is 0 Å². The van der Waals surface area contributed by atoms with E-state index in [1.54, 1.807) is 6.07 Å². The molecular formula is C13H17NO5. The average Bonchev–Trinajstić information content (AvgIpc) is 2.30. The Kier molecular flexibility index (Phi) is 5.17. The van der Waals surface area contributed by atoms with Crippen LogP contribution in [-0.4, -0.2) is 33.2 Å². The summed E-state index contributed by atoms with van der Waals surface area (Å²) in [5.41, 5.74) is 0.708. The number of aliphatic carboxylic acids is 1. The number of nitrogens with one attached hydrogen (secondary N) is 1. The monoisotopic (exact) mass is 267 g/mol. The maximum atomic E-state index is 11.1.